The van der Waals surface area contributed by atoms with Crippen molar-refractivity contribution in [2.75, 3.05) is 6.54 Å². The molecule has 1 aliphatic heterocycles. The summed E-state index contributed by atoms with van der Waals surface area (Å²) in [6, 6.07) is 2.18. The summed E-state index contributed by atoms with van der Waals surface area (Å²) in [5.41, 5.74) is 0.00973. The van der Waals surface area contributed by atoms with E-state index in [1.807, 2.05) is 5.38 Å². The number of hydrogen-bond donors (Lipinski definition) is 1. The molecular weight excluding hydrogens is 292 g/mol. The first kappa shape index (κ1) is 15.9. The van der Waals surface area contributed by atoms with Crippen molar-refractivity contribution >= 4 is 21.4 Å². The van der Waals surface area contributed by atoms with Crippen LogP contribution in [0.5, 0.6) is 0 Å². The van der Waals surface area contributed by atoms with E-state index in [0.717, 1.165) is 4.88 Å². The van der Waals surface area contributed by atoms with Crippen LogP contribution in [0.15, 0.2) is 16.3 Å². The maximum atomic E-state index is 12.5. The van der Waals surface area contributed by atoms with Crippen LogP contribution in [-0.2, 0) is 16.6 Å². The second-order valence-electron chi connectivity index (χ2n) is 6.75. The maximum absolute atomic E-state index is 12.5. The predicted molar refractivity (Wildman–Crippen MR) is 83.4 cm³/mol. The number of nitrogens with zero attached hydrogens (tertiary/aromatic N) is 1. The van der Waals surface area contributed by atoms with Gasteiger partial charge in [0.05, 0.1) is 4.90 Å². The molecule has 0 bridgehead atoms. The van der Waals surface area contributed by atoms with Crippen molar-refractivity contribution in [2.45, 2.75) is 58.1 Å². The molecule has 0 fully saturated rings. The van der Waals surface area contributed by atoms with Gasteiger partial charge in [0.1, 0.15) is 0 Å². The van der Waals surface area contributed by atoms with E-state index in [0.29, 0.717) is 24.0 Å². The van der Waals surface area contributed by atoms with Crippen molar-refractivity contribution in [3.63, 3.8) is 0 Å². The van der Waals surface area contributed by atoms with E-state index < -0.39 is 10.0 Å². The van der Waals surface area contributed by atoms with Crippen LogP contribution in [0.1, 0.15) is 39.5 Å². The Morgan fingerprint density at radius 1 is 1.40 bits per heavy atom. The zero-order valence-corrected chi connectivity index (χ0v) is 14.4. The van der Waals surface area contributed by atoms with Gasteiger partial charge in [-0.25, -0.2) is 8.42 Å². The minimum absolute atomic E-state index is 0.00973. The highest BCUT2D eigenvalue weighted by Gasteiger charge is 2.38. The topological polar surface area (TPSA) is 49.4 Å². The van der Waals surface area contributed by atoms with Gasteiger partial charge in [-0.05, 0) is 16.9 Å². The predicted octanol–water partition coefficient (Wildman–Crippen LogP) is 2.67. The molecule has 20 heavy (non-hydrogen) atoms. The third kappa shape index (κ3) is 3.08. The minimum atomic E-state index is -3.29. The van der Waals surface area contributed by atoms with Gasteiger partial charge >= 0.3 is 0 Å². The van der Waals surface area contributed by atoms with E-state index in [4.69, 9.17) is 0 Å². The fourth-order valence-electron chi connectivity index (χ4n) is 2.40. The van der Waals surface area contributed by atoms with Crippen molar-refractivity contribution in [1.82, 2.24) is 9.62 Å². The lowest BCUT2D eigenvalue weighted by molar-refractivity contribution is 0.214. The Hall–Kier alpha value is -0.430. The van der Waals surface area contributed by atoms with Crippen LogP contribution in [0.2, 0.25) is 0 Å². The summed E-state index contributed by atoms with van der Waals surface area (Å²) in [6.07, 6.45) is 0. The smallest absolute Gasteiger partial charge is 0.244 e. The molecule has 0 saturated carbocycles. The quantitative estimate of drug-likeness (QED) is 0.929. The SMILES string of the molecule is CC(C)N[C@H](CN1Cc2sccc2S1(=O)=O)C(C)(C)C. The maximum Gasteiger partial charge on any atom is 0.244 e. The normalized spacial score (nSPS) is 20.3. The highest BCUT2D eigenvalue weighted by Crippen LogP contribution is 2.35. The molecule has 1 N–H and O–H groups in total. The molecule has 1 aromatic rings. The van der Waals surface area contributed by atoms with Crippen LogP contribution in [0, 0.1) is 5.41 Å². The van der Waals surface area contributed by atoms with Crippen LogP contribution in [0.25, 0.3) is 0 Å². The molecule has 0 spiro atoms. The average Bonchev–Trinajstić information content (AvgIpc) is 2.80. The Morgan fingerprint density at radius 3 is 2.55 bits per heavy atom. The Balaban J connectivity index is 2.19. The lowest BCUT2D eigenvalue weighted by Crippen LogP contribution is -2.50. The Bertz CT molecular complexity index is 570. The number of rotatable bonds is 4. The molecule has 0 amide bonds. The highest BCUT2D eigenvalue weighted by molar-refractivity contribution is 7.89. The van der Waals surface area contributed by atoms with E-state index >= 15 is 0 Å². The summed E-state index contributed by atoms with van der Waals surface area (Å²) in [6.45, 7) is 11.7. The summed E-state index contributed by atoms with van der Waals surface area (Å²) in [5, 5.41) is 5.36. The highest BCUT2D eigenvalue weighted by atomic mass is 32.2. The van der Waals surface area contributed by atoms with Gasteiger partial charge in [0.2, 0.25) is 10.0 Å². The van der Waals surface area contributed by atoms with Crippen LogP contribution in [0.4, 0.5) is 0 Å². The molecule has 0 radical (unpaired) electrons. The average molecular weight is 316 g/mol. The lowest BCUT2D eigenvalue weighted by atomic mass is 9.86. The molecule has 114 valence electrons. The molecule has 6 heteroatoms. The minimum Gasteiger partial charge on any atom is -0.310 e. The van der Waals surface area contributed by atoms with E-state index in [9.17, 15) is 8.42 Å². The van der Waals surface area contributed by atoms with Crippen LogP contribution in [-0.4, -0.2) is 31.4 Å². The zero-order valence-electron chi connectivity index (χ0n) is 12.8. The Labute approximate surface area is 126 Å². The van der Waals surface area contributed by atoms with Gasteiger partial charge in [0.25, 0.3) is 0 Å². The first-order valence-corrected chi connectivity index (χ1v) is 9.27. The Morgan fingerprint density at radius 2 is 2.05 bits per heavy atom. The second-order valence-corrected chi connectivity index (χ2v) is 9.65. The Kier molecular flexibility index (Phi) is 4.31. The number of sulfonamides is 1. The van der Waals surface area contributed by atoms with Crippen LogP contribution < -0.4 is 5.32 Å². The number of nitrogens with one attached hydrogen (secondary N) is 1. The second kappa shape index (κ2) is 5.40. The largest absolute Gasteiger partial charge is 0.310 e. The first-order chi connectivity index (χ1) is 9.12. The lowest BCUT2D eigenvalue weighted by Gasteiger charge is -2.35. The third-order valence-corrected chi connectivity index (χ3v) is 6.54. The van der Waals surface area contributed by atoms with Gasteiger partial charge in [0.15, 0.2) is 0 Å². The monoisotopic (exact) mass is 316 g/mol. The molecule has 2 rings (SSSR count). The molecule has 0 aliphatic carbocycles. The number of hydrogen-bond acceptors (Lipinski definition) is 4. The number of thiophene rings is 1. The van der Waals surface area contributed by atoms with E-state index in [1.54, 1.807) is 10.4 Å². The molecular formula is C14H24N2O2S2. The molecule has 0 saturated heterocycles. The summed E-state index contributed by atoms with van der Waals surface area (Å²) in [7, 11) is -3.29. The van der Waals surface area contributed by atoms with E-state index in [-0.39, 0.29) is 11.5 Å². The van der Waals surface area contributed by atoms with Gasteiger partial charge in [-0.3, -0.25) is 0 Å². The molecule has 4 nitrogen and oxygen atoms in total. The summed E-state index contributed by atoms with van der Waals surface area (Å²) < 4.78 is 26.6. The first-order valence-electron chi connectivity index (χ1n) is 6.95. The van der Waals surface area contributed by atoms with Crippen molar-refractivity contribution in [2.24, 2.45) is 5.41 Å². The molecule has 0 aromatic carbocycles. The van der Waals surface area contributed by atoms with Crippen molar-refractivity contribution in [3.8, 4) is 0 Å². The molecule has 0 unspecified atom stereocenters. The molecule has 2 heterocycles. The van der Waals surface area contributed by atoms with Crippen LogP contribution in [0.3, 0.4) is 0 Å². The van der Waals surface area contributed by atoms with Crippen molar-refractivity contribution in [3.05, 3.63) is 16.3 Å². The summed E-state index contributed by atoms with van der Waals surface area (Å²) >= 11 is 1.53. The van der Waals surface area contributed by atoms with Gasteiger partial charge in [0, 0.05) is 30.1 Å². The van der Waals surface area contributed by atoms with Gasteiger partial charge in [-0.2, -0.15) is 4.31 Å². The standard InChI is InChI=1S/C14H24N2O2S2/c1-10(2)15-13(14(3,4)5)9-16-8-11-12(6-7-19-11)20(16,17)18/h6-7,10,13,15H,8-9H2,1-5H3/t13-/m1/s1. The van der Waals surface area contributed by atoms with Crippen molar-refractivity contribution in [1.29, 1.82) is 0 Å². The summed E-state index contributed by atoms with van der Waals surface area (Å²) in [4.78, 5) is 1.46. The fourth-order valence-corrected chi connectivity index (χ4v) is 5.33. The van der Waals surface area contributed by atoms with Gasteiger partial charge in [-0.15, -0.1) is 11.3 Å². The number of fused-ring (bicyclic) bond motifs is 1. The molecule has 1 aliphatic rings. The fraction of sp³-hybridized carbons (Fsp3) is 0.714. The van der Waals surface area contributed by atoms with E-state index in [1.165, 1.54) is 11.3 Å². The van der Waals surface area contributed by atoms with Crippen molar-refractivity contribution < 1.29 is 8.42 Å². The summed E-state index contributed by atoms with van der Waals surface area (Å²) in [5.74, 6) is 0. The molecule has 1 aromatic heterocycles. The van der Waals surface area contributed by atoms with E-state index in [2.05, 4.69) is 39.9 Å². The zero-order chi connectivity index (χ0) is 15.1. The third-order valence-electron chi connectivity index (χ3n) is 3.61. The molecule has 1 atom stereocenters. The van der Waals surface area contributed by atoms with Gasteiger partial charge in [-0.1, -0.05) is 34.6 Å². The van der Waals surface area contributed by atoms with Crippen LogP contribution >= 0.6 is 11.3 Å². The van der Waals surface area contributed by atoms with Gasteiger partial charge < -0.3 is 5.32 Å².